The van der Waals surface area contributed by atoms with Crippen molar-refractivity contribution in [2.45, 2.75) is 38.8 Å². The minimum absolute atomic E-state index is 0.0685. The molecule has 4 atom stereocenters. The number of hydrogen-bond acceptors (Lipinski definition) is 6. The number of nitrogens with zero attached hydrogens (tertiary/aromatic N) is 2. The van der Waals surface area contributed by atoms with E-state index in [1.165, 1.54) is 7.11 Å². The molecule has 0 aliphatic carbocycles. The molecule has 1 aromatic heterocycles. The van der Waals surface area contributed by atoms with Crippen molar-refractivity contribution in [1.82, 2.24) is 25.4 Å². The Morgan fingerprint density at radius 2 is 1.71 bits per heavy atom. The number of rotatable bonds is 11. The first-order valence-electron chi connectivity index (χ1n) is 17.3. The molecule has 3 N–H and O–H groups in total. The van der Waals surface area contributed by atoms with Gasteiger partial charge in [-0.25, -0.2) is 0 Å². The van der Waals surface area contributed by atoms with Gasteiger partial charge >= 0.3 is 0 Å². The summed E-state index contributed by atoms with van der Waals surface area (Å²) in [5, 5.41) is 7.18. The summed E-state index contributed by atoms with van der Waals surface area (Å²) in [7, 11) is 3.07. The molecule has 3 unspecified atom stereocenters. The molecule has 2 aliphatic rings. The van der Waals surface area contributed by atoms with Gasteiger partial charge in [-0.15, -0.1) is 0 Å². The van der Waals surface area contributed by atoms with Gasteiger partial charge < -0.3 is 34.9 Å². The highest BCUT2D eigenvalue weighted by molar-refractivity contribution is 6.31. The highest BCUT2D eigenvalue weighted by atomic mass is 35.5. The fourth-order valence-electron chi connectivity index (χ4n) is 7.35. The van der Waals surface area contributed by atoms with Crippen LogP contribution in [-0.4, -0.2) is 90.9 Å². The molecule has 0 saturated carbocycles. The van der Waals surface area contributed by atoms with Gasteiger partial charge in [0.1, 0.15) is 6.04 Å². The van der Waals surface area contributed by atoms with E-state index in [1.54, 1.807) is 41.1 Å². The van der Waals surface area contributed by atoms with Crippen LogP contribution in [0, 0.1) is 17.8 Å². The molecule has 4 aromatic rings. The van der Waals surface area contributed by atoms with Crippen molar-refractivity contribution < 1.29 is 28.7 Å². The average molecular weight is 714 g/mol. The number of carbonyl (C=O) groups is 4. The van der Waals surface area contributed by atoms with E-state index in [0.29, 0.717) is 48.1 Å². The number of likely N-dealkylation sites (N-methyl/N-ethyl adjacent to an activating group) is 1. The predicted octanol–water partition coefficient (Wildman–Crippen LogP) is 4.48. The molecule has 2 saturated heterocycles. The topological polar surface area (TPSA) is 133 Å². The van der Waals surface area contributed by atoms with Crippen molar-refractivity contribution in [1.29, 1.82) is 0 Å². The summed E-state index contributed by atoms with van der Waals surface area (Å²) in [6.07, 6.45) is 2.19. The number of H-pyrrole nitrogens is 1. The van der Waals surface area contributed by atoms with Gasteiger partial charge in [0, 0.05) is 67.3 Å². The third-order valence-corrected chi connectivity index (χ3v) is 10.1. The number of methoxy groups -OCH3 is 1. The average Bonchev–Trinajstić information content (AvgIpc) is 3.74. The van der Waals surface area contributed by atoms with Crippen molar-refractivity contribution in [2.24, 2.45) is 17.8 Å². The number of fused-ring (bicyclic) bond motifs is 2. The highest BCUT2D eigenvalue weighted by Crippen LogP contribution is 2.38. The van der Waals surface area contributed by atoms with E-state index in [4.69, 9.17) is 21.1 Å². The number of benzene rings is 3. The lowest BCUT2D eigenvalue weighted by Crippen LogP contribution is -2.56. The SMILES string of the molecule is CNC(=O)[C@H](Cc1ccccc1)NC(=O)C1CN(C(=O)Cc2c[nH]c3cc(Cl)ccc23)CC2CN(C(=O)c3ccc(OC(C)C)c(OC)c3)CC21. The number of aromatic nitrogens is 1. The summed E-state index contributed by atoms with van der Waals surface area (Å²) < 4.78 is 11.4. The highest BCUT2D eigenvalue weighted by Gasteiger charge is 2.48. The molecular formula is C39H44ClN5O6. The number of aromatic amines is 1. The van der Waals surface area contributed by atoms with Crippen molar-refractivity contribution in [3.63, 3.8) is 0 Å². The molecule has 3 heterocycles. The second-order valence-corrected chi connectivity index (χ2v) is 14.1. The smallest absolute Gasteiger partial charge is 0.254 e. The minimum atomic E-state index is -0.814. The number of amides is 4. The van der Waals surface area contributed by atoms with Crippen LogP contribution in [0.15, 0.2) is 72.9 Å². The summed E-state index contributed by atoms with van der Waals surface area (Å²) in [4.78, 5) is 61.8. The molecule has 268 valence electrons. The third kappa shape index (κ3) is 7.99. The zero-order chi connectivity index (χ0) is 36.2. The van der Waals surface area contributed by atoms with Crippen LogP contribution < -0.4 is 20.1 Å². The molecule has 6 rings (SSSR count). The molecule has 0 radical (unpaired) electrons. The van der Waals surface area contributed by atoms with E-state index in [2.05, 4.69) is 15.6 Å². The second-order valence-electron chi connectivity index (χ2n) is 13.6. The van der Waals surface area contributed by atoms with Crippen molar-refractivity contribution >= 4 is 46.1 Å². The van der Waals surface area contributed by atoms with Crippen LogP contribution in [0.2, 0.25) is 5.02 Å². The first-order chi connectivity index (χ1) is 24.5. The summed E-state index contributed by atoms with van der Waals surface area (Å²) >= 11 is 6.18. The molecule has 51 heavy (non-hydrogen) atoms. The van der Waals surface area contributed by atoms with Crippen LogP contribution in [0.1, 0.15) is 35.3 Å². The fraction of sp³-hybridized carbons (Fsp3) is 0.385. The Kier molecular flexibility index (Phi) is 10.9. The number of likely N-dealkylation sites (tertiary alicyclic amines) is 2. The largest absolute Gasteiger partial charge is 0.493 e. The summed E-state index contributed by atoms with van der Waals surface area (Å²) in [6.45, 7) is 5.11. The Balaban J connectivity index is 1.25. The van der Waals surface area contributed by atoms with Gasteiger partial charge in [-0.3, -0.25) is 19.2 Å². The van der Waals surface area contributed by atoms with E-state index in [0.717, 1.165) is 22.0 Å². The maximum Gasteiger partial charge on any atom is 0.254 e. The first kappa shape index (κ1) is 35.8. The third-order valence-electron chi connectivity index (χ3n) is 9.86. The monoisotopic (exact) mass is 713 g/mol. The lowest BCUT2D eigenvalue weighted by atomic mass is 9.79. The van der Waals surface area contributed by atoms with E-state index in [9.17, 15) is 19.2 Å². The standard InChI is InChI=1S/C39H44ClN5O6/c1-23(2)51-34-13-10-25(15-35(34)50-4)39(49)45-20-27-19-44(36(46)16-26-18-42-32-17-28(40)11-12-29(26)32)22-31(30(27)21-45)37(47)43-33(38(48)41-3)14-24-8-6-5-7-9-24/h5-13,15,17-18,23,27,30-31,33,42H,14,16,19-22H2,1-4H3,(H,41,48)(H,43,47)/t27?,30?,31?,33-/m0/s1. The lowest BCUT2D eigenvalue weighted by molar-refractivity contribution is -0.140. The van der Waals surface area contributed by atoms with E-state index in [1.807, 2.05) is 62.5 Å². The summed E-state index contributed by atoms with van der Waals surface area (Å²) in [6, 6.07) is 19.3. The molecule has 12 heteroatoms. The Morgan fingerprint density at radius 3 is 2.43 bits per heavy atom. The van der Waals surface area contributed by atoms with E-state index in [-0.39, 0.29) is 54.5 Å². The van der Waals surface area contributed by atoms with Crippen LogP contribution in [-0.2, 0) is 27.2 Å². The second kappa shape index (κ2) is 15.5. The van der Waals surface area contributed by atoms with Gasteiger partial charge in [0.15, 0.2) is 11.5 Å². The lowest BCUT2D eigenvalue weighted by Gasteiger charge is -2.40. The van der Waals surface area contributed by atoms with Gasteiger partial charge in [-0.2, -0.15) is 0 Å². The molecule has 11 nitrogen and oxygen atoms in total. The minimum Gasteiger partial charge on any atom is -0.493 e. The van der Waals surface area contributed by atoms with Crippen molar-refractivity contribution in [2.75, 3.05) is 40.3 Å². The van der Waals surface area contributed by atoms with E-state index < -0.39 is 12.0 Å². The normalized spacial score (nSPS) is 19.1. The van der Waals surface area contributed by atoms with Crippen LogP contribution >= 0.6 is 11.6 Å². The van der Waals surface area contributed by atoms with Crippen LogP contribution in [0.5, 0.6) is 11.5 Å². The van der Waals surface area contributed by atoms with Gasteiger partial charge in [-0.05, 0) is 67.1 Å². The number of carbonyl (C=O) groups excluding carboxylic acids is 4. The molecule has 2 aliphatic heterocycles. The predicted molar refractivity (Wildman–Crippen MR) is 195 cm³/mol. The number of nitrogens with one attached hydrogen (secondary N) is 3. The van der Waals surface area contributed by atoms with Crippen molar-refractivity contribution in [3.05, 3.63) is 94.6 Å². The first-order valence-corrected chi connectivity index (χ1v) is 17.7. The molecule has 0 bridgehead atoms. The summed E-state index contributed by atoms with van der Waals surface area (Å²) in [5.74, 6) is -0.962. The number of halogens is 1. The zero-order valence-electron chi connectivity index (χ0n) is 29.3. The summed E-state index contributed by atoms with van der Waals surface area (Å²) in [5.41, 5.74) is 3.02. The van der Waals surface area contributed by atoms with E-state index >= 15 is 0 Å². The molecule has 3 aromatic carbocycles. The van der Waals surface area contributed by atoms with Gasteiger partial charge in [0.25, 0.3) is 5.91 Å². The molecule has 0 spiro atoms. The quantitative estimate of drug-likeness (QED) is 0.210. The fourth-order valence-corrected chi connectivity index (χ4v) is 7.52. The van der Waals surface area contributed by atoms with Crippen LogP contribution in [0.25, 0.3) is 10.9 Å². The van der Waals surface area contributed by atoms with Crippen LogP contribution in [0.3, 0.4) is 0 Å². The molecule has 4 amide bonds. The Hall–Kier alpha value is -5.03. The number of piperidine rings is 1. The van der Waals surface area contributed by atoms with Crippen molar-refractivity contribution in [3.8, 4) is 11.5 Å². The maximum absolute atomic E-state index is 14.2. The number of hydrogen-bond donors (Lipinski definition) is 3. The maximum atomic E-state index is 14.2. The zero-order valence-corrected chi connectivity index (χ0v) is 30.0. The molecular weight excluding hydrogens is 670 g/mol. The Morgan fingerprint density at radius 1 is 0.941 bits per heavy atom. The van der Waals surface area contributed by atoms with Gasteiger partial charge in [0.2, 0.25) is 17.7 Å². The molecule has 2 fully saturated rings. The van der Waals surface area contributed by atoms with Gasteiger partial charge in [0.05, 0.1) is 25.6 Å². The number of ether oxygens (including phenoxy) is 2. The van der Waals surface area contributed by atoms with Crippen LogP contribution in [0.4, 0.5) is 0 Å². The van der Waals surface area contributed by atoms with Gasteiger partial charge in [-0.1, -0.05) is 48.0 Å². The Labute approximate surface area is 302 Å². The Bertz CT molecular complexity index is 1910.